The van der Waals surface area contributed by atoms with E-state index < -0.39 is 6.10 Å². The molecule has 2 N–H and O–H groups in total. The van der Waals surface area contributed by atoms with E-state index in [1.807, 2.05) is 24.3 Å². The summed E-state index contributed by atoms with van der Waals surface area (Å²) in [5, 5.41) is 10.8. The Labute approximate surface area is 213 Å². The molecule has 36 heavy (non-hydrogen) atoms. The summed E-state index contributed by atoms with van der Waals surface area (Å²) in [5.41, 5.74) is 2.65. The Morgan fingerprint density at radius 2 is 1.97 bits per heavy atom. The van der Waals surface area contributed by atoms with Crippen molar-refractivity contribution in [2.75, 3.05) is 52.7 Å². The minimum absolute atomic E-state index is 0.0634. The molecule has 1 aromatic carbocycles. The molecule has 192 valence electrons. The first-order valence-corrected chi connectivity index (χ1v) is 12.7. The molecular formula is C25H29ClN4O6. The molecule has 0 radical (unpaired) electrons. The van der Waals surface area contributed by atoms with Gasteiger partial charge in [0.15, 0.2) is 11.8 Å². The van der Waals surface area contributed by atoms with Gasteiger partial charge in [0.05, 0.1) is 42.2 Å². The molecular weight excluding hydrogens is 488 g/mol. The van der Waals surface area contributed by atoms with E-state index in [1.165, 1.54) is 0 Å². The van der Waals surface area contributed by atoms with Gasteiger partial charge in [0, 0.05) is 31.8 Å². The van der Waals surface area contributed by atoms with E-state index in [2.05, 4.69) is 19.9 Å². The molecule has 3 saturated heterocycles. The third-order valence-electron chi connectivity index (χ3n) is 6.73. The largest absolute Gasteiger partial charge is 0.491 e. The molecule has 0 bridgehead atoms. The van der Waals surface area contributed by atoms with Gasteiger partial charge >= 0.3 is 0 Å². The Kier molecular flexibility index (Phi) is 6.96. The van der Waals surface area contributed by atoms with Gasteiger partial charge in [0.2, 0.25) is 0 Å². The van der Waals surface area contributed by atoms with Crippen LogP contribution >= 0.6 is 11.6 Å². The number of H-pyrrole nitrogens is 1. The molecule has 3 fully saturated rings. The number of fused-ring (bicyclic) bond motifs is 2. The lowest BCUT2D eigenvalue weighted by Crippen LogP contribution is -2.42. The van der Waals surface area contributed by atoms with Gasteiger partial charge in [-0.1, -0.05) is 11.6 Å². The predicted molar refractivity (Wildman–Crippen MR) is 132 cm³/mol. The number of nitrogens with zero attached hydrogens (tertiary/aromatic N) is 3. The van der Waals surface area contributed by atoms with Gasteiger partial charge in [-0.2, -0.15) is 4.98 Å². The van der Waals surface area contributed by atoms with Gasteiger partial charge in [0.25, 0.3) is 6.01 Å². The lowest BCUT2D eigenvalue weighted by atomic mass is 10.1. The number of halogens is 1. The number of nitrogens with one attached hydrogen (secondary N) is 1. The summed E-state index contributed by atoms with van der Waals surface area (Å²) in [7, 11) is 0. The average molecular weight is 517 g/mol. The highest BCUT2D eigenvalue weighted by Gasteiger charge is 2.43. The van der Waals surface area contributed by atoms with Crippen LogP contribution in [0.2, 0.25) is 5.02 Å². The minimum atomic E-state index is -0.570. The van der Waals surface area contributed by atoms with E-state index >= 15 is 0 Å². The molecule has 0 spiro atoms. The zero-order valence-corrected chi connectivity index (χ0v) is 20.5. The topological polar surface area (TPSA) is 111 Å². The van der Waals surface area contributed by atoms with Crippen molar-refractivity contribution < 1.29 is 28.8 Å². The fourth-order valence-electron chi connectivity index (χ4n) is 4.86. The molecule has 0 aliphatic carbocycles. The minimum Gasteiger partial charge on any atom is -0.491 e. The lowest BCUT2D eigenvalue weighted by Gasteiger charge is -2.28. The number of aromatic nitrogens is 3. The Bertz CT molecular complexity index is 1190. The smallest absolute Gasteiger partial charge is 0.296 e. The van der Waals surface area contributed by atoms with E-state index in [-0.39, 0.29) is 24.9 Å². The molecule has 0 saturated carbocycles. The second-order valence-electron chi connectivity index (χ2n) is 9.29. The fourth-order valence-corrected chi connectivity index (χ4v) is 5.12. The van der Waals surface area contributed by atoms with Gasteiger partial charge < -0.3 is 33.8 Å². The van der Waals surface area contributed by atoms with Crippen LogP contribution in [0.25, 0.3) is 22.4 Å². The van der Waals surface area contributed by atoms with Crippen LogP contribution in [0.15, 0.2) is 30.3 Å². The number of aromatic amines is 1. The Morgan fingerprint density at radius 3 is 2.81 bits per heavy atom. The third kappa shape index (κ3) is 5.15. The maximum absolute atomic E-state index is 10.3. The molecule has 4 atom stereocenters. The van der Waals surface area contributed by atoms with E-state index in [1.54, 1.807) is 6.07 Å². The number of aliphatic hydroxyl groups is 1. The van der Waals surface area contributed by atoms with Crippen LogP contribution in [0.1, 0.15) is 6.42 Å². The third-order valence-corrected chi connectivity index (χ3v) is 7.02. The molecule has 0 amide bonds. The van der Waals surface area contributed by atoms with Crippen molar-refractivity contribution in [2.45, 2.75) is 30.8 Å². The first-order valence-electron chi connectivity index (χ1n) is 12.3. The normalized spacial score (nSPS) is 25.2. The second-order valence-corrected chi connectivity index (χ2v) is 9.69. The van der Waals surface area contributed by atoms with Crippen molar-refractivity contribution in [3.8, 4) is 23.0 Å². The number of β-amino-alcohol motifs (C(OH)–C–C–N with tert-alkyl or cyclic N) is 1. The van der Waals surface area contributed by atoms with E-state index in [4.69, 9.17) is 35.3 Å². The monoisotopic (exact) mass is 516 g/mol. The summed E-state index contributed by atoms with van der Waals surface area (Å²) in [5.74, 6) is 0.665. The molecule has 3 aliphatic rings. The summed E-state index contributed by atoms with van der Waals surface area (Å²) < 4.78 is 28.6. The summed E-state index contributed by atoms with van der Waals surface area (Å²) in [6.45, 7) is 5.02. The molecule has 3 aliphatic heterocycles. The van der Waals surface area contributed by atoms with Crippen LogP contribution < -0.4 is 9.47 Å². The summed E-state index contributed by atoms with van der Waals surface area (Å²) in [4.78, 5) is 14.5. The quantitative estimate of drug-likeness (QED) is 0.465. The maximum atomic E-state index is 10.3. The Hall–Kier alpha value is -2.47. The van der Waals surface area contributed by atoms with Crippen LogP contribution in [0.3, 0.4) is 0 Å². The summed E-state index contributed by atoms with van der Waals surface area (Å²) in [6.07, 6.45) is 0.154. The Morgan fingerprint density at radius 1 is 1.14 bits per heavy atom. The SMILES string of the molecule is OC(COc1ccc(-c2nc3nc(OC4CO[C@@H]5CCO[C@H]45)[nH]c3cc2Cl)cc1)CN1CCOCC1. The molecule has 2 aromatic heterocycles. The molecule has 3 aromatic rings. The van der Waals surface area contributed by atoms with Gasteiger partial charge in [-0.05, 0) is 36.8 Å². The van der Waals surface area contributed by atoms with Crippen LogP contribution in [-0.4, -0.2) is 102 Å². The number of rotatable bonds is 8. The van der Waals surface area contributed by atoms with Crippen LogP contribution in [-0.2, 0) is 14.2 Å². The summed E-state index contributed by atoms with van der Waals surface area (Å²) >= 11 is 6.56. The highest BCUT2D eigenvalue weighted by molar-refractivity contribution is 6.33. The maximum Gasteiger partial charge on any atom is 0.296 e. The first-order chi connectivity index (χ1) is 17.6. The van der Waals surface area contributed by atoms with Crippen LogP contribution in [0.4, 0.5) is 0 Å². The average Bonchev–Trinajstić information content (AvgIpc) is 3.60. The zero-order chi connectivity index (χ0) is 24.5. The number of hydrogen-bond acceptors (Lipinski definition) is 9. The second kappa shape index (κ2) is 10.5. The van der Waals surface area contributed by atoms with Crippen molar-refractivity contribution in [1.82, 2.24) is 19.9 Å². The zero-order valence-electron chi connectivity index (χ0n) is 19.8. The molecule has 2 unspecified atom stereocenters. The van der Waals surface area contributed by atoms with Crippen molar-refractivity contribution in [2.24, 2.45) is 0 Å². The number of imidazole rings is 1. The van der Waals surface area contributed by atoms with E-state index in [0.29, 0.717) is 66.6 Å². The number of morpholine rings is 1. The highest BCUT2D eigenvalue weighted by atomic mass is 35.5. The lowest BCUT2D eigenvalue weighted by molar-refractivity contribution is 0.00465. The van der Waals surface area contributed by atoms with Gasteiger partial charge in [-0.25, -0.2) is 4.98 Å². The molecule has 5 heterocycles. The number of aliphatic hydroxyl groups excluding tert-OH is 1. The highest BCUT2D eigenvalue weighted by Crippen LogP contribution is 2.32. The summed E-state index contributed by atoms with van der Waals surface area (Å²) in [6, 6.07) is 9.63. The first kappa shape index (κ1) is 23.9. The van der Waals surface area contributed by atoms with Gasteiger partial charge in [-0.15, -0.1) is 0 Å². The Balaban J connectivity index is 1.10. The standard InChI is InChI=1S/C25H29ClN4O6/c26-18-11-19-24(29-25(27-19)36-21-14-35-20-5-8-33-23(20)21)28-22(18)15-1-3-17(4-2-15)34-13-16(31)12-30-6-9-32-10-7-30/h1-4,11,16,20-21,23,31H,5-10,12-14H2,(H,27,28,29)/t16?,20-,21?,23+/m1/s1. The van der Waals surface area contributed by atoms with Crippen molar-refractivity contribution in [3.63, 3.8) is 0 Å². The van der Waals surface area contributed by atoms with Crippen LogP contribution in [0, 0.1) is 0 Å². The number of hydrogen-bond donors (Lipinski definition) is 2. The van der Waals surface area contributed by atoms with E-state index in [0.717, 1.165) is 25.1 Å². The molecule has 6 rings (SSSR count). The number of benzene rings is 1. The van der Waals surface area contributed by atoms with Crippen molar-refractivity contribution in [1.29, 1.82) is 0 Å². The number of ether oxygens (including phenoxy) is 5. The molecule has 10 nitrogen and oxygen atoms in total. The van der Waals surface area contributed by atoms with Crippen LogP contribution in [0.5, 0.6) is 11.8 Å². The predicted octanol–water partition coefficient (Wildman–Crippen LogP) is 2.29. The molecule has 11 heteroatoms. The number of pyridine rings is 1. The van der Waals surface area contributed by atoms with E-state index in [9.17, 15) is 5.11 Å². The van der Waals surface area contributed by atoms with Gasteiger partial charge in [-0.3, -0.25) is 4.90 Å². The van der Waals surface area contributed by atoms with Gasteiger partial charge in [0.1, 0.15) is 24.6 Å². The van der Waals surface area contributed by atoms with Crippen molar-refractivity contribution >= 4 is 22.8 Å². The van der Waals surface area contributed by atoms with Crippen molar-refractivity contribution in [3.05, 3.63) is 35.4 Å². The fraction of sp³-hybridized carbons (Fsp3) is 0.520.